The number of H-pyrrole nitrogens is 1. The van der Waals surface area contributed by atoms with Crippen molar-refractivity contribution in [1.82, 2.24) is 19.5 Å². The van der Waals surface area contributed by atoms with Gasteiger partial charge in [-0.1, -0.05) is 113 Å². The SMILES string of the molecule is CC(C)(C)C(=O)C1=Cc2cc3ccc(cc4nc(cc5c(-c6ccccc6)c(C(=O)C(C)(C)C)c(c(C(=O)C(C)(C)C)c1n2)n5C(=O)C(C)(C)C)C=C4)[nH]3. The van der Waals surface area contributed by atoms with Crippen molar-refractivity contribution >= 4 is 69.1 Å². The van der Waals surface area contributed by atoms with Crippen molar-refractivity contribution in [2.75, 3.05) is 0 Å². The molecule has 0 atom stereocenters. The maximum atomic E-state index is 15.3. The summed E-state index contributed by atoms with van der Waals surface area (Å²) < 4.78 is 1.53. The van der Waals surface area contributed by atoms with Crippen molar-refractivity contribution in [3.05, 3.63) is 94.6 Å². The van der Waals surface area contributed by atoms with Gasteiger partial charge in [-0.05, 0) is 54.1 Å². The first kappa shape index (κ1) is 38.2. The van der Waals surface area contributed by atoms with Gasteiger partial charge in [-0.15, -0.1) is 0 Å². The van der Waals surface area contributed by atoms with Crippen LogP contribution in [-0.4, -0.2) is 42.8 Å². The van der Waals surface area contributed by atoms with Crippen LogP contribution >= 0.6 is 0 Å². The van der Waals surface area contributed by atoms with Gasteiger partial charge >= 0.3 is 0 Å². The molecule has 1 N–H and O–H groups in total. The van der Waals surface area contributed by atoms with Crippen molar-refractivity contribution in [3.63, 3.8) is 0 Å². The Labute approximate surface area is 317 Å². The van der Waals surface area contributed by atoms with E-state index in [0.717, 1.165) is 11.0 Å². The molecule has 0 saturated carbocycles. The second-order valence-corrected chi connectivity index (χ2v) is 18.4. The zero-order valence-electron chi connectivity index (χ0n) is 33.5. The average molecular weight is 723 g/mol. The highest BCUT2D eigenvalue weighted by Gasteiger charge is 2.41. The number of Topliss-reactive ketones (excluding diaryl/α,β-unsaturated/α-hetero) is 3. The van der Waals surface area contributed by atoms with Crippen LogP contribution in [0.5, 0.6) is 0 Å². The second-order valence-electron chi connectivity index (χ2n) is 18.4. The molecule has 0 amide bonds. The quantitative estimate of drug-likeness (QED) is 0.185. The Bertz CT molecular complexity index is 2480. The predicted molar refractivity (Wildman–Crippen MR) is 219 cm³/mol. The Morgan fingerprint density at radius 1 is 0.574 bits per heavy atom. The lowest BCUT2D eigenvalue weighted by atomic mass is 9.79. The van der Waals surface area contributed by atoms with Crippen LogP contribution in [-0.2, 0) is 4.79 Å². The predicted octanol–water partition coefficient (Wildman–Crippen LogP) is 10.9. The molecule has 0 fully saturated rings. The summed E-state index contributed by atoms with van der Waals surface area (Å²) in [5.74, 6) is -1.20. The Hall–Kier alpha value is -5.50. The third-order valence-electron chi connectivity index (χ3n) is 9.42. The van der Waals surface area contributed by atoms with Gasteiger partial charge in [0.05, 0.1) is 44.9 Å². The second kappa shape index (κ2) is 13.1. The molecular weight excluding hydrogens is 673 g/mol. The van der Waals surface area contributed by atoms with Gasteiger partial charge in [-0.25, -0.2) is 9.97 Å². The fourth-order valence-corrected chi connectivity index (χ4v) is 6.60. The van der Waals surface area contributed by atoms with Gasteiger partial charge in [0.2, 0.25) is 5.91 Å². The molecule has 0 saturated heterocycles. The molecule has 0 unspecified atom stereocenters. The van der Waals surface area contributed by atoms with E-state index in [2.05, 4.69) is 4.98 Å². The van der Waals surface area contributed by atoms with E-state index >= 15 is 14.4 Å². The maximum absolute atomic E-state index is 15.3. The molecule has 3 aromatic heterocycles. The number of allylic oxidation sites excluding steroid dienone is 1. The van der Waals surface area contributed by atoms with Crippen LogP contribution in [0.1, 0.15) is 131 Å². The topological polar surface area (TPSA) is 115 Å². The van der Waals surface area contributed by atoms with Gasteiger partial charge in [0.1, 0.15) is 0 Å². The molecule has 8 bridgehead atoms. The lowest BCUT2D eigenvalue weighted by molar-refractivity contribution is -0.120. The van der Waals surface area contributed by atoms with E-state index in [9.17, 15) is 4.79 Å². The summed E-state index contributed by atoms with van der Waals surface area (Å²) in [4.78, 5) is 73.6. The number of hydrogen-bond acceptors (Lipinski definition) is 6. The normalized spacial score (nSPS) is 13.5. The molecule has 278 valence electrons. The monoisotopic (exact) mass is 722 g/mol. The van der Waals surface area contributed by atoms with Crippen LogP contribution in [0, 0.1) is 21.7 Å². The number of carbonyl (C=O) groups is 4. The maximum Gasteiger partial charge on any atom is 0.236 e. The van der Waals surface area contributed by atoms with Crippen LogP contribution in [0.3, 0.4) is 0 Å². The number of benzene rings is 1. The van der Waals surface area contributed by atoms with Gasteiger partial charge in [-0.3, -0.25) is 23.7 Å². The highest BCUT2D eigenvalue weighted by atomic mass is 16.2. The average Bonchev–Trinajstić information content (AvgIpc) is 3.85. The van der Waals surface area contributed by atoms with Crippen molar-refractivity contribution in [2.45, 2.75) is 83.1 Å². The highest BCUT2D eigenvalue weighted by Crippen LogP contribution is 2.44. The molecule has 4 aromatic rings. The molecule has 1 aromatic carbocycles. The number of aromatic amines is 1. The molecule has 0 spiro atoms. The van der Waals surface area contributed by atoms with E-state index in [1.807, 2.05) is 135 Å². The van der Waals surface area contributed by atoms with E-state index in [-0.39, 0.29) is 51.2 Å². The summed E-state index contributed by atoms with van der Waals surface area (Å²) in [6, 6.07) is 18.9. The molecule has 8 nitrogen and oxygen atoms in total. The first-order valence-corrected chi connectivity index (χ1v) is 18.4. The van der Waals surface area contributed by atoms with Crippen LogP contribution < -0.4 is 0 Å². The van der Waals surface area contributed by atoms with Crippen LogP contribution in [0.4, 0.5) is 0 Å². The van der Waals surface area contributed by atoms with Crippen molar-refractivity contribution in [1.29, 1.82) is 0 Å². The zero-order valence-corrected chi connectivity index (χ0v) is 33.5. The molecule has 8 heteroatoms. The Morgan fingerprint density at radius 2 is 1.09 bits per heavy atom. The molecule has 6 rings (SSSR count). The number of nitrogens with zero attached hydrogens (tertiary/aromatic N) is 3. The molecular formula is C46H50N4O4. The summed E-state index contributed by atoms with van der Waals surface area (Å²) in [7, 11) is 0. The van der Waals surface area contributed by atoms with E-state index in [4.69, 9.17) is 9.97 Å². The first-order valence-electron chi connectivity index (χ1n) is 18.4. The van der Waals surface area contributed by atoms with Crippen LogP contribution in [0.15, 0.2) is 60.7 Å². The third-order valence-corrected chi connectivity index (χ3v) is 9.42. The van der Waals surface area contributed by atoms with Gasteiger partial charge in [0.15, 0.2) is 17.3 Å². The van der Waals surface area contributed by atoms with E-state index in [1.54, 1.807) is 26.8 Å². The van der Waals surface area contributed by atoms with E-state index in [0.29, 0.717) is 33.7 Å². The van der Waals surface area contributed by atoms with Crippen LogP contribution in [0.25, 0.3) is 57.0 Å². The number of aromatic nitrogens is 4. The fourth-order valence-electron chi connectivity index (χ4n) is 6.60. The lowest BCUT2D eigenvalue weighted by Crippen LogP contribution is -2.30. The minimum Gasteiger partial charge on any atom is -0.355 e. The largest absolute Gasteiger partial charge is 0.355 e. The minimum absolute atomic E-state index is 0.0422. The first-order chi connectivity index (χ1) is 25.0. The number of nitrogens with one attached hydrogen (secondary N) is 1. The highest BCUT2D eigenvalue weighted by molar-refractivity contribution is 6.31. The number of fused-ring (bicyclic) bond motifs is 8. The summed E-state index contributed by atoms with van der Waals surface area (Å²) in [5.41, 5.74) is 1.78. The van der Waals surface area contributed by atoms with Gasteiger partial charge in [0, 0.05) is 43.8 Å². The summed E-state index contributed by atoms with van der Waals surface area (Å²) in [5, 5.41) is 0. The Balaban J connectivity index is 2.08. The van der Waals surface area contributed by atoms with E-state index in [1.165, 1.54) is 4.57 Å². The Morgan fingerprint density at radius 3 is 1.63 bits per heavy atom. The van der Waals surface area contributed by atoms with Crippen molar-refractivity contribution in [2.24, 2.45) is 21.7 Å². The molecule has 0 aliphatic carbocycles. The zero-order chi connectivity index (χ0) is 39.7. The molecule has 0 radical (unpaired) electrons. The molecule has 54 heavy (non-hydrogen) atoms. The standard InChI is InChI=1S/C46H50N4O4/c1-43(2,3)39(51)32-24-31-23-29-19-18-27(47-29)22-28-20-21-30(48-28)25-33-34(26-16-14-13-15-17-26)35(40(52)44(4,5)6)38(50(33)42(54)46(10,11)12)36(37(32)49-31)41(53)45(7,8)9/h13-25,47H,1-12H3. The van der Waals surface area contributed by atoms with Crippen LogP contribution in [0.2, 0.25) is 0 Å². The van der Waals surface area contributed by atoms with Gasteiger partial charge < -0.3 is 4.98 Å². The van der Waals surface area contributed by atoms with Gasteiger partial charge in [-0.2, -0.15) is 0 Å². The minimum atomic E-state index is -1.02. The number of hydrogen-bond donors (Lipinski definition) is 1. The van der Waals surface area contributed by atoms with E-state index < -0.39 is 21.7 Å². The van der Waals surface area contributed by atoms with Crippen molar-refractivity contribution < 1.29 is 19.2 Å². The smallest absolute Gasteiger partial charge is 0.236 e. The molecule has 5 heterocycles. The number of carbonyl (C=O) groups excluding carboxylic acids is 4. The Kier molecular flexibility index (Phi) is 9.28. The van der Waals surface area contributed by atoms with Gasteiger partial charge in [0.25, 0.3) is 0 Å². The van der Waals surface area contributed by atoms with Crippen molar-refractivity contribution in [3.8, 4) is 11.1 Å². The number of rotatable bonds is 4. The summed E-state index contributed by atoms with van der Waals surface area (Å²) in [6.07, 6.45) is 5.47. The fraction of sp³-hybridized carbons (Fsp3) is 0.348. The number of ketones is 3. The summed E-state index contributed by atoms with van der Waals surface area (Å²) >= 11 is 0. The molecule has 2 aliphatic rings. The third kappa shape index (κ3) is 7.09. The lowest BCUT2D eigenvalue weighted by Gasteiger charge is -2.24. The molecule has 2 aliphatic heterocycles. The summed E-state index contributed by atoms with van der Waals surface area (Å²) in [6.45, 7) is 21.8.